The predicted octanol–water partition coefficient (Wildman–Crippen LogP) is 0.628. The molecule has 0 radical (unpaired) electrons. The van der Waals surface area contributed by atoms with Gasteiger partial charge in [-0.1, -0.05) is 58.3 Å². The van der Waals surface area contributed by atoms with E-state index in [-0.39, 0.29) is 36.9 Å². The Morgan fingerprint density at radius 3 is 1.75 bits per heavy atom. The second-order valence-electron chi connectivity index (χ2n) is 7.45. The van der Waals surface area contributed by atoms with E-state index < -0.39 is 0 Å². The zero-order valence-electron chi connectivity index (χ0n) is 18.2. The molecule has 1 aliphatic heterocycles. The van der Waals surface area contributed by atoms with Gasteiger partial charge < -0.3 is 32.1 Å². The zero-order valence-corrected chi connectivity index (χ0v) is 21.2. The average molecular weight is 453 g/mol. The molecule has 28 heavy (non-hydrogen) atoms. The number of nitrogens with one attached hydrogen (secondary N) is 3. The third-order valence-electron chi connectivity index (χ3n) is 5.07. The fraction of sp³-hybridized carbons (Fsp3) is 0.950. The van der Waals surface area contributed by atoms with Crippen molar-refractivity contribution in [1.82, 2.24) is 20.9 Å². The van der Waals surface area contributed by atoms with Gasteiger partial charge >= 0.3 is 19.5 Å². The Hall–Kier alpha value is -0.107. The summed E-state index contributed by atoms with van der Waals surface area (Å²) in [4.78, 5) is 14.6. The molecule has 0 spiro atoms. The molecule has 0 saturated carbocycles. The molecule has 1 fully saturated rings. The number of unbranched alkanes of at least 4 members (excludes halogenated alkanes) is 7. The molecule has 0 bridgehead atoms. The second kappa shape index (κ2) is 21.6. The number of hydrogen-bond donors (Lipinski definition) is 4. The predicted molar refractivity (Wildman–Crippen MR) is 114 cm³/mol. The molecule has 0 aliphatic carbocycles. The van der Waals surface area contributed by atoms with E-state index >= 15 is 0 Å². The van der Waals surface area contributed by atoms with Crippen molar-refractivity contribution in [3.63, 3.8) is 0 Å². The maximum Gasteiger partial charge on any atom is 2.00 e. The van der Waals surface area contributed by atoms with Crippen molar-refractivity contribution < 1.29 is 29.7 Å². The first-order valence-electron chi connectivity index (χ1n) is 10.9. The van der Waals surface area contributed by atoms with Gasteiger partial charge in [-0.3, -0.25) is 4.79 Å². The molecule has 0 unspecified atom stereocenters. The SMILES string of the molecule is CCCCCCCCCC[C@H](N)C(=O)N1CCNCCNCCNCC1.O.[Zn+2]. The Labute approximate surface area is 185 Å². The normalized spacial score (nSPS) is 17.4. The third-order valence-corrected chi connectivity index (χ3v) is 5.07. The van der Waals surface area contributed by atoms with Crippen LogP contribution in [0.25, 0.3) is 0 Å². The van der Waals surface area contributed by atoms with Gasteiger partial charge in [-0.2, -0.15) is 0 Å². The Morgan fingerprint density at radius 1 is 0.821 bits per heavy atom. The van der Waals surface area contributed by atoms with E-state index in [0.29, 0.717) is 0 Å². The van der Waals surface area contributed by atoms with Crippen molar-refractivity contribution in [1.29, 1.82) is 0 Å². The van der Waals surface area contributed by atoms with Crippen molar-refractivity contribution in [2.45, 2.75) is 70.8 Å². The number of nitrogens with zero attached hydrogens (tertiary/aromatic N) is 1. The van der Waals surface area contributed by atoms with Crippen molar-refractivity contribution in [2.75, 3.05) is 52.4 Å². The van der Waals surface area contributed by atoms with Gasteiger partial charge in [0.25, 0.3) is 0 Å². The number of nitrogens with two attached hydrogens (primary N) is 1. The molecular weight excluding hydrogens is 408 g/mol. The zero-order chi connectivity index (χ0) is 18.9. The van der Waals surface area contributed by atoms with Crippen LogP contribution in [-0.4, -0.2) is 74.7 Å². The van der Waals surface area contributed by atoms with Crippen LogP contribution in [-0.2, 0) is 24.3 Å². The van der Waals surface area contributed by atoms with Crippen molar-refractivity contribution in [2.24, 2.45) is 5.73 Å². The summed E-state index contributed by atoms with van der Waals surface area (Å²) in [7, 11) is 0. The Bertz CT molecular complexity index is 339. The average Bonchev–Trinajstić information content (AvgIpc) is 2.63. The van der Waals surface area contributed by atoms with Gasteiger partial charge in [0.2, 0.25) is 5.91 Å². The number of carbonyl (C=O) groups is 1. The quantitative estimate of drug-likeness (QED) is 0.287. The fourth-order valence-electron chi connectivity index (χ4n) is 3.34. The first kappa shape index (κ1) is 30.1. The van der Waals surface area contributed by atoms with Crippen LogP contribution in [0.5, 0.6) is 0 Å². The Morgan fingerprint density at radius 2 is 1.25 bits per heavy atom. The summed E-state index contributed by atoms with van der Waals surface area (Å²) in [5.41, 5.74) is 6.20. The van der Waals surface area contributed by atoms with E-state index in [1.165, 1.54) is 44.9 Å². The van der Waals surface area contributed by atoms with E-state index in [1.807, 2.05) is 4.90 Å². The minimum atomic E-state index is -0.343. The van der Waals surface area contributed by atoms with Crippen LogP contribution in [0.15, 0.2) is 0 Å². The molecule has 0 aromatic heterocycles. The molecule has 7 nitrogen and oxygen atoms in total. The summed E-state index contributed by atoms with van der Waals surface area (Å²) in [5, 5.41) is 10.2. The molecule has 7 N–H and O–H groups in total. The van der Waals surface area contributed by atoms with Gasteiger partial charge in [0.15, 0.2) is 0 Å². The van der Waals surface area contributed by atoms with Crippen LogP contribution in [0.3, 0.4) is 0 Å². The van der Waals surface area contributed by atoms with Gasteiger partial charge in [-0.25, -0.2) is 0 Å². The molecule has 1 heterocycles. The van der Waals surface area contributed by atoms with E-state index in [1.54, 1.807) is 0 Å². The molecular formula is C20H45N5O2Zn+2. The first-order valence-corrected chi connectivity index (χ1v) is 10.9. The summed E-state index contributed by atoms with van der Waals surface area (Å²) < 4.78 is 0. The molecule has 0 aromatic carbocycles. The van der Waals surface area contributed by atoms with Crippen LogP contribution in [0.1, 0.15) is 64.7 Å². The molecule has 8 heteroatoms. The van der Waals surface area contributed by atoms with E-state index in [9.17, 15) is 4.79 Å². The maximum atomic E-state index is 12.7. The minimum Gasteiger partial charge on any atom is -0.412 e. The number of amides is 1. The van der Waals surface area contributed by atoms with Crippen LogP contribution in [0.4, 0.5) is 0 Å². The smallest absolute Gasteiger partial charge is 0.412 e. The summed E-state index contributed by atoms with van der Waals surface area (Å²) in [6, 6.07) is -0.343. The van der Waals surface area contributed by atoms with Gasteiger partial charge in [0.05, 0.1) is 6.04 Å². The Balaban J connectivity index is 0. The fourth-order valence-corrected chi connectivity index (χ4v) is 3.34. The van der Waals surface area contributed by atoms with E-state index in [4.69, 9.17) is 5.73 Å². The standard InChI is InChI=1S/C20H43N5O.H2O.Zn/c1-2-3-4-5-6-7-8-9-10-19(21)20(26)25-17-15-23-13-11-22-12-14-24-16-18-25;;/h19,22-24H,2-18,21H2,1H3;1H2;/q;;+2/t19-;;/m0../s1. The summed E-state index contributed by atoms with van der Waals surface area (Å²) in [6.45, 7) is 9.20. The molecule has 0 aromatic rings. The summed E-state index contributed by atoms with van der Waals surface area (Å²) >= 11 is 0. The molecule has 1 saturated heterocycles. The van der Waals surface area contributed by atoms with E-state index in [0.717, 1.165) is 65.2 Å². The Kier molecular flexibility index (Phi) is 23.2. The largest absolute Gasteiger partial charge is 2.00 e. The van der Waals surface area contributed by atoms with Crippen molar-refractivity contribution in [3.05, 3.63) is 0 Å². The van der Waals surface area contributed by atoms with Gasteiger partial charge in [-0.15, -0.1) is 0 Å². The van der Waals surface area contributed by atoms with Crippen LogP contribution in [0, 0.1) is 0 Å². The molecule has 1 rings (SSSR count). The van der Waals surface area contributed by atoms with Crippen LogP contribution >= 0.6 is 0 Å². The topological polar surface area (TPSA) is 114 Å². The first-order chi connectivity index (χ1) is 12.8. The summed E-state index contributed by atoms with van der Waals surface area (Å²) in [6.07, 6.45) is 11.0. The second-order valence-corrected chi connectivity index (χ2v) is 7.45. The number of rotatable bonds is 10. The number of hydrogen-bond acceptors (Lipinski definition) is 5. The van der Waals surface area contributed by atoms with Crippen molar-refractivity contribution in [3.8, 4) is 0 Å². The van der Waals surface area contributed by atoms with Gasteiger partial charge in [0.1, 0.15) is 0 Å². The molecule has 1 aliphatic rings. The number of carbonyl (C=O) groups excluding carboxylic acids is 1. The van der Waals surface area contributed by atoms with Crippen molar-refractivity contribution >= 4 is 5.91 Å². The van der Waals surface area contributed by atoms with Gasteiger partial charge in [0, 0.05) is 52.4 Å². The monoisotopic (exact) mass is 451 g/mol. The van der Waals surface area contributed by atoms with E-state index in [2.05, 4.69) is 22.9 Å². The van der Waals surface area contributed by atoms with Gasteiger partial charge in [-0.05, 0) is 6.42 Å². The molecule has 1 atom stereocenters. The van der Waals surface area contributed by atoms with Crippen LogP contribution in [0.2, 0.25) is 0 Å². The summed E-state index contributed by atoms with van der Waals surface area (Å²) in [5.74, 6) is 0.117. The third kappa shape index (κ3) is 15.8. The molecule has 162 valence electrons. The maximum absolute atomic E-state index is 12.7. The van der Waals surface area contributed by atoms with Crippen LogP contribution < -0.4 is 21.7 Å². The molecule has 1 amide bonds. The minimum absolute atomic E-state index is 0.